The summed E-state index contributed by atoms with van der Waals surface area (Å²) in [6, 6.07) is 4.04. The van der Waals surface area contributed by atoms with Gasteiger partial charge in [-0.05, 0) is 69.7 Å². The van der Waals surface area contributed by atoms with Crippen LogP contribution in [0.2, 0.25) is 0 Å². The highest BCUT2D eigenvalue weighted by atomic mass is 32.2. The second kappa shape index (κ2) is 10.5. The summed E-state index contributed by atoms with van der Waals surface area (Å²) in [5.41, 5.74) is 0. The predicted octanol–water partition coefficient (Wildman–Crippen LogP) is 5.10. The van der Waals surface area contributed by atoms with Crippen molar-refractivity contribution in [2.45, 2.75) is 88.1 Å². The van der Waals surface area contributed by atoms with Crippen molar-refractivity contribution in [3.63, 3.8) is 0 Å². The third-order valence-electron chi connectivity index (χ3n) is 7.24. The van der Waals surface area contributed by atoms with Gasteiger partial charge in [0, 0.05) is 18.3 Å². The van der Waals surface area contributed by atoms with E-state index in [0.717, 1.165) is 68.9 Å². The number of ether oxygens (including phenoxy) is 1. The third kappa shape index (κ3) is 5.55. The lowest BCUT2D eigenvalue weighted by Gasteiger charge is -2.31. The normalized spacial score (nSPS) is 24.2. The molecule has 0 aromatic carbocycles. The number of thioether (sulfide) groups is 1. The molecule has 0 amide bonds. The molecule has 5 rings (SSSR count). The molecule has 31 heavy (non-hydrogen) atoms. The highest BCUT2D eigenvalue weighted by Crippen LogP contribution is 2.33. The Morgan fingerprint density at radius 1 is 1.00 bits per heavy atom. The molecule has 2 aromatic rings. The SMILES string of the molecule is c1coc(CN2CCC(c3nnc(SCC4CCCCC4)n3CC3CCCO3)CC2)c1. The van der Waals surface area contributed by atoms with E-state index in [-0.39, 0.29) is 0 Å². The Bertz CT molecular complexity index is 789. The Labute approximate surface area is 190 Å². The molecule has 0 spiro atoms. The van der Waals surface area contributed by atoms with Crippen molar-refractivity contribution in [1.29, 1.82) is 0 Å². The average Bonchev–Trinajstić information content (AvgIpc) is 3.57. The summed E-state index contributed by atoms with van der Waals surface area (Å²) in [6.45, 7) is 4.90. The van der Waals surface area contributed by atoms with Crippen molar-refractivity contribution < 1.29 is 9.15 Å². The van der Waals surface area contributed by atoms with Gasteiger partial charge in [-0.2, -0.15) is 0 Å². The maximum atomic E-state index is 5.99. The molecule has 2 aromatic heterocycles. The van der Waals surface area contributed by atoms with Gasteiger partial charge >= 0.3 is 0 Å². The van der Waals surface area contributed by atoms with Crippen LogP contribution in [-0.2, 0) is 17.8 Å². The highest BCUT2D eigenvalue weighted by Gasteiger charge is 2.29. The highest BCUT2D eigenvalue weighted by molar-refractivity contribution is 7.99. The van der Waals surface area contributed by atoms with E-state index in [1.54, 1.807) is 6.26 Å². The van der Waals surface area contributed by atoms with Crippen LogP contribution in [0.1, 0.15) is 75.3 Å². The van der Waals surface area contributed by atoms with Gasteiger partial charge in [0.1, 0.15) is 11.6 Å². The molecular formula is C24H36N4O2S. The van der Waals surface area contributed by atoms with E-state index >= 15 is 0 Å². The summed E-state index contributed by atoms with van der Waals surface area (Å²) in [6.07, 6.45) is 13.7. The van der Waals surface area contributed by atoms with Gasteiger partial charge in [0.05, 0.1) is 25.5 Å². The number of hydrogen-bond donors (Lipinski definition) is 0. The number of hydrogen-bond acceptors (Lipinski definition) is 6. The topological polar surface area (TPSA) is 56.3 Å². The van der Waals surface area contributed by atoms with Gasteiger partial charge in [0.15, 0.2) is 5.16 Å². The molecule has 4 heterocycles. The van der Waals surface area contributed by atoms with E-state index in [2.05, 4.69) is 20.6 Å². The van der Waals surface area contributed by atoms with Gasteiger partial charge in [-0.25, -0.2) is 0 Å². The van der Waals surface area contributed by atoms with Crippen molar-refractivity contribution in [3.8, 4) is 0 Å². The van der Waals surface area contributed by atoms with Crippen LogP contribution in [0.25, 0.3) is 0 Å². The summed E-state index contributed by atoms with van der Waals surface area (Å²) in [5, 5.41) is 10.6. The zero-order chi connectivity index (χ0) is 20.9. The number of piperidine rings is 1. The smallest absolute Gasteiger partial charge is 0.191 e. The maximum absolute atomic E-state index is 5.99. The van der Waals surface area contributed by atoms with E-state index in [0.29, 0.717) is 12.0 Å². The first-order valence-corrected chi connectivity index (χ1v) is 13.3. The molecule has 1 unspecified atom stereocenters. The van der Waals surface area contributed by atoms with Crippen molar-refractivity contribution >= 4 is 11.8 Å². The monoisotopic (exact) mass is 444 g/mol. The lowest BCUT2D eigenvalue weighted by atomic mass is 9.91. The summed E-state index contributed by atoms with van der Waals surface area (Å²) in [4.78, 5) is 2.49. The molecule has 3 fully saturated rings. The van der Waals surface area contributed by atoms with Crippen molar-refractivity contribution in [2.75, 3.05) is 25.4 Å². The molecule has 0 bridgehead atoms. The fraction of sp³-hybridized carbons (Fsp3) is 0.750. The molecule has 3 aliphatic rings. The second-order valence-electron chi connectivity index (χ2n) is 9.53. The number of rotatable bonds is 8. The van der Waals surface area contributed by atoms with Gasteiger partial charge in [0.2, 0.25) is 0 Å². The molecule has 0 N–H and O–H groups in total. The molecule has 0 radical (unpaired) electrons. The molecule has 1 saturated carbocycles. The van der Waals surface area contributed by atoms with Crippen molar-refractivity contribution in [3.05, 3.63) is 30.0 Å². The fourth-order valence-corrected chi connectivity index (χ4v) is 6.53. The van der Waals surface area contributed by atoms with Gasteiger partial charge in [0.25, 0.3) is 0 Å². The standard InChI is InChI=1S/C24H36N4O2S/c1-2-6-19(7-3-1)18-31-24-26-25-23(28(24)17-22-9-5-15-30-22)20-10-12-27(13-11-20)16-21-8-4-14-29-21/h4,8,14,19-20,22H,1-3,5-7,9-13,15-18H2. The van der Waals surface area contributed by atoms with Crippen LogP contribution >= 0.6 is 11.8 Å². The van der Waals surface area contributed by atoms with E-state index in [1.165, 1.54) is 50.1 Å². The molecule has 1 atom stereocenters. The quantitative estimate of drug-likeness (QED) is 0.528. The summed E-state index contributed by atoms with van der Waals surface area (Å²) in [5.74, 6) is 4.78. The molecular weight excluding hydrogens is 408 g/mol. The van der Waals surface area contributed by atoms with Crippen LogP contribution in [-0.4, -0.2) is 51.2 Å². The summed E-state index contributed by atoms with van der Waals surface area (Å²) in [7, 11) is 0. The van der Waals surface area contributed by atoms with Crippen LogP contribution in [0.15, 0.2) is 28.0 Å². The number of nitrogens with zero attached hydrogens (tertiary/aromatic N) is 4. The van der Waals surface area contributed by atoms with Crippen LogP contribution in [0.5, 0.6) is 0 Å². The molecule has 1 aliphatic carbocycles. The number of furan rings is 1. The zero-order valence-electron chi connectivity index (χ0n) is 18.6. The van der Waals surface area contributed by atoms with Gasteiger partial charge in [-0.15, -0.1) is 10.2 Å². The Morgan fingerprint density at radius 2 is 1.87 bits per heavy atom. The van der Waals surface area contributed by atoms with E-state index in [9.17, 15) is 0 Å². The Morgan fingerprint density at radius 3 is 2.61 bits per heavy atom. The first-order valence-electron chi connectivity index (χ1n) is 12.3. The minimum absolute atomic E-state index is 0.322. The van der Waals surface area contributed by atoms with E-state index < -0.39 is 0 Å². The minimum Gasteiger partial charge on any atom is -0.468 e. The molecule has 170 valence electrons. The molecule has 2 aliphatic heterocycles. The van der Waals surface area contributed by atoms with Crippen LogP contribution in [0.3, 0.4) is 0 Å². The second-order valence-corrected chi connectivity index (χ2v) is 10.5. The zero-order valence-corrected chi connectivity index (χ0v) is 19.4. The van der Waals surface area contributed by atoms with Crippen molar-refractivity contribution in [2.24, 2.45) is 5.92 Å². The minimum atomic E-state index is 0.322. The predicted molar refractivity (Wildman–Crippen MR) is 122 cm³/mol. The molecule has 2 saturated heterocycles. The van der Waals surface area contributed by atoms with Gasteiger partial charge in [-0.1, -0.05) is 31.0 Å². The lowest BCUT2D eigenvalue weighted by Crippen LogP contribution is -2.33. The largest absolute Gasteiger partial charge is 0.468 e. The van der Waals surface area contributed by atoms with Crippen LogP contribution in [0, 0.1) is 5.92 Å². The van der Waals surface area contributed by atoms with E-state index in [1.807, 2.05) is 17.8 Å². The van der Waals surface area contributed by atoms with E-state index in [4.69, 9.17) is 14.3 Å². The third-order valence-corrected chi connectivity index (χ3v) is 8.44. The first-order chi connectivity index (χ1) is 15.3. The maximum Gasteiger partial charge on any atom is 0.191 e. The Kier molecular flexibility index (Phi) is 7.32. The van der Waals surface area contributed by atoms with Crippen LogP contribution < -0.4 is 0 Å². The summed E-state index contributed by atoms with van der Waals surface area (Å²) >= 11 is 1.94. The summed E-state index contributed by atoms with van der Waals surface area (Å²) < 4.78 is 14.0. The lowest BCUT2D eigenvalue weighted by molar-refractivity contribution is 0.0931. The Hall–Kier alpha value is -1.31. The number of likely N-dealkylation sites (tertiary alicyclic amines) is 1. The Balaban J connectivity index is 1.24. The van der Waals surface area contributed by atoms with Gasteiger partial charge in [-0.3, -0.25) is 4.90 Å². The first kappa shape index (κ1) is 21.5. The average molecular weight is 445 g/mol. The van der Waals surface area contributed by atoms with Crippen LogP contribution in [0.4, 0.5) is 0 Å². The van der Waals surface area contributed by atoms with Gasteiger partial charge < -0.3 is 13.7 Å². The molecule has 6 nitrogen and oxygen atoms in total. The fourth-order valence-electron chi connectivity index (χ4n) is 5.39. The van der Waals surface area contributed by atoms with Crippen molar-refractivity contribution in [1.82, 2.24) is 19.7 Å². The molecule has 7 heteroatoms. The number of aromatic nitrogens is 3.